The first-order valence-electron chi connectivity index (χ1n) is 6.04. The number of pyridine rings is 1. The highest BCUT2D eigenvalue weighted by atomic mass is 79.9. The minimum Gasteiger partial charge on any atom is -0.367 e. The van der Waals surface area contributed by atoms with Gasteiger partial charge >= 0.3 is 0 Å². The van der Waals surface area contributed by atoms with Gasteiger partial charge in [-0.05, 0) is 59.2 Å². The average Bonchev–Trinajstić information content (AvgIpc) is 2.22. The summed E-state index contributed by atoms with van der Waals surface area (Å²) in [6.45, 7) is 4.69. The number of anilines is 1. The molecule has 2 nitrogen and oxygen atoms in total. The molecule has 0 aromatic carbocycles. The van der Waals surface area contributed by atoms with Crippen LogP contribution >= 0.6 is 15.9 Å². The molecule has 1 aromatic heterocycles. The Kier molecular flexibility index (Phi) is 3.85. The zero-order chi connectivity index (χ0) is 11.5. The summed E-state index contributed by atoms with van der Waals surface area (Å²) in [6, 6.07) is 6.60. The first-order chi connectivity index (χ1) is 7.65. The SMILES string of the molecule is CC1CCC(Nc2cccc(Br)n2)C(C)C1. The largest absolute Gasteiger partial charge is 0.367 e. The molecule has 3 atom stereocenters. The van der Waals surface area contributed by atoms with Gasteiger partial charge in [-0.1, -0.05) is 19.9 Å². The van der Waals surface area contributed by atoms with Crippen molar-refractivity contribution in [2.24, 2.45) is 11.8 Å². The van der Waals surface area contributed by atoms with Gasteiger partial charge in [0.15, 0.2) is 0 Å². The van der Waals surface area contributed by atoms with E-state index in [4.69, 9.17) is 0 Å². The number of aromatic nitrogens is 1. The molecule has 0 aliphatic heterocycles. The molecule has 3 heteroatoms. The van der Waals surface area contributed by atoms with Crippen LogP contribution in [0.5, 0.6) is 0 Å². The number of nitrogens with one attached hydrogen (secondary N) is 1. The van der Waals surface area contributed by atoms with Crippen molar-refractivity contribution in [1.29, 1.82) is 0 Å². The maximum atomic E-state index is 4.43. The van der Waals surface area contributed by atoms with Crippen molar-refractivity contribution in [2.75, 3.05) is 5.32 Å². The molecule has 1 fully saturated rings. The molecular weight excluding hydrogens is 264 g/mol. The van der Waals surface area contributed by atoms with Gasteiger partial charge in [-0.2, -0.15) is 0 Å². The first-order valence-corrected chi connectivity index (χ1v) is 6.83. The fourth-order valence-corrected chi connectivity index (χ4v) is 2.90. The number of halogens is 1. The lowest BCUT2D eigenvalue weighted by Crippen LogP contribution is -2.33. The van der Waals surface area contributed by atoms with E-state index in [0.717, 1.165) is 22.3 Å². The molecule has 1 saturated carbocycles. The van der Waals surface area contributed by atoms with Gasteiger partial charge in [0.2, 0.25) is 0 Å². The van der Waals surface area contributed by atoms with Gasteiger partial charge in [0.1, 0.15) is 10.4 Å². The molecule has 0 amide bonds. The van der Waals surface area contributed by atoms with Crippen molar-refractivity contribution in [3.05, 3.63) is 22.8 Å². The normalized spacial score (nSPS) is 30.1. The molecule has 1 aliphatic carbocycles. The van der Waals surface area contributed by atoms with Crippen LogP contribution in [0.25, 0.3) is 0 Å². The van der Waals surface area contributed by atoms with E-state index in [2.05, 4.69) is 40.1 Å². The highest BCUT2D eigenvalue weighted by Gasteiger charge is 2.25. The second-order valence-corrected chi connectivity index (χ2v) is 5.80. The van der Waals surface area contributed by atoms with Gasteiger partial charge in [-0.25, -0.2) is 4.98 Å². The summed E-state index contributed by atoms with van der Waals surface area (Å²) >= 11 is 3.40. The lowest BCUT2D eigenvalue weighted by atomic mass is 9.80. The van der Waals surface area contributed by atoms with Crippen molar-refractivity contribution in [1.82, 2.24) is 4.98 Å². The van der Waals surface area contributed by atoms with E-state index in [0.29, 0.717) is 6.04 Å². The number of hydrogen-bond acceptors (Lipinski definition) is 2. The Hall–Kier alpha value is -0.570. The fraction of sp³-hybridized carbons (Fsp3) is 0.615. The quantitative estimate of drug-likeness (QED) is 0.827. The zero-order valence-electron chi connectivity index (χ0n) is 9.91. The minimum atomic E-state index is 0.581. The van der Waals surface area contributed by atoms with Crippen LogP contribution in [0.15, 0.2) is 22.8 Å². The van der Waals surface area contributed by atoms with Crippen molar-refractivity contribution in [3.8, 4) is 0 Å². The molecule has 3 unspecified atom stereocenters. The van der Waals surface area contributed by atoms with Gasteiger partial charge in [0, 0.05) is 6.04 Å². The Balaban J connectivity index is 1.99. The zero-order valence-corrected chi connectivity index (χ0v) is 11.5. The second-order valence-electron chi connectivity index (χ2n) is 4.99. The number of hydrogen-bond donors (Lipinski definition) is 1. The third-order valence-corrected chi connectivity index (χ3v) is 3.92. The maximum absolute atomic E-state index is 4.43. The molecule has 0 saturated heterocycles. The predicted octanol–water partition coefficient (Wildman–Crippen LogP) is 4.08. The molecular formula is C13H19BrN2. The molecule has 1 N–H and O–H groups in total. The molecule has 1 heterocycles. The monoisotopic (exact) mass is 282 g/mol. The smallest absolute Gasteiger partial charge is 0.127 e. The number of nitrogens with zero attached hydrogens (tertiary/aromatic N) is 1. The van der Waals surface area contributed by atoms with E-state index in [1.807, 2.05) is 18.2 Å². The summed E-state index contributed by atoms with van der Waals surface area (Å²) in [4.78, 5) is 4.43. The van der Waals surface area contributed by atoms with Crippen LogP contribution in [-0.2, 0) is 0 Å². The van der Waals surface area contributed by atoms with Crippen LogP contribution in [0, 0.1) is 11.8 Å². The molecule has 16 heavy (non-hydrogen) atoms. The topological polar surface area (TPSA) is 24.9 Å². The molecule has 2 rings (SSSR count). The molecule has 1 aromatic rings. The Morgan fingerprint density at radius 1 is 1.31 bits per heavy atom. The van der Waals surface area contributed by atoms with Gasteiger partial charge in [-0.3, -0.25) is 0 Å². The van der Waals surface area contributed by atoms with Crippen molar-refractivity contribution in [3.63, 3.8) is 0 Å². The van der Waals surface area contributed by atoms with Gasteiger partial charge < -0.3 is 5.32 Å². The predicted molar refractivity (Wildman–Crippen MR) is 71.5 cm³/mol. The summed E-state index contributed by atoms with van der Waals surface area (Å²) in [5, 5.41) is 3.55. The Labute approximate surface area is 106 Å². The molecule has 88 valence electrons. The Bertz CT molecular complexity index is 354. The fourth-order valence-electron chi connectivity index (χ4n) is 2.56. The Morgan fingerprint density at radius 3 is 2.81 bits per heavy atom. The van der Waals surface area contributed by atoms with Gasteiger partial charge in [0.05, 0.1) is 0 Å². The minimum absolute atomic E-state index is 0.581. The van der Waals surface area contributed by atoms with Crippen molar-refractivity contribution in [2.45, 2.75) is 39.2 Å². The van der Waals surface area contributed by atoms with Gasteiger partial charge in [0.25, 0.3) is 0 Å². The van der Waals surface area contributed by atoms with E-state index < -0.39 is 0 Å². The summed E-state index contributed by atoms with van der Waals surface area (Å²) < 4.78 is 0.898. The van der Waals surface area contributed by atoms with Gasteiger partial charge in [-0.15, -0.1) is 0 Å². The lowest BCUT2D eigenvalue weighted by molar-refractivity contribution is 0.276. The van der Waals surface area contributed by atoms with Crippen LogP contribution in [0.2, 0.25) is 0 Å². The Morgan fingerprint density at radius 2 is 2.12 bits per heavy atom. The van der Waals surface area contributed by atoms with Crippen LogP contribution in [0.1, 0.15) is 33.1 Å². The van der Waals surface area contributed by atoms with E-state index in [1.165, 1.54) is 19.3 Å². The summed E-state index contributed by atoms with van der Waals surface area (Å²) in [5.41, 5.74) is 0. The molecule has 0 radical (unpaired) electrons. The summed E-state index contributed by atoms with van der Waals surface area (Å²) in [7, 11) is 0. The maximum Gasteiger partial charge on any atom is 0.127 e. The second kappa shape index (κ2) is 5.17. The van der Waals surface area contributed by atoms with Crippen molar-refractivity contribution >= 4 is 21.7 Å². The third-order valence-electron chi connectivity index (χ3n) is 3.48. The lowest BCUT2D eigenvalue weighted by Gasteiger charge is -2.33. The standard InChI is InChI=1S/C13H19BrN2/c1-9-6-7-11(10(2)8-9)15-13-5-3-4-12(14)16-13/h3-5,9-11H,6-8H2,1-2H3,(H,15,16). The van der Waals surface area contributed by atoms with E-state index in [-0.39, 0.29) is 0 Å². The van der Waals surface area contributed by atoms with E-state index in [1.54, 1.807) is 0 Å². The van der Waals surface area contributed by atoms with Crippen LogP contribution < -0.4 is 5.32 Å². The van der Waals surface area contributed by atoms with Crippen LogP contribution in [0.4, 0.5) is 5.82 Å². The molecule has 0 spiro atoms. The molecule has 1 aliphatic rings. The average molecular weight is 283 g/mol. The highest BCUT2D eigenvalue weighted by molar-refractivity contribution is 9.10. The van der Waals surface area contributed by atoms with Crippen LogP contribution in [-0.4, -0.2) is 11.0 Å². The van der Waals surface area contributed by atoms with Crippen LogP contribution in [0.3, 0.4) is 0 Å². The third kappa shape index (κ3) is 2.97. The molecule has 0 bridgehead atoms. The first kappa shape index (κ1) is 11.9. The van der Waals surface area contributed by atoms with E-state index in [9.17, 15) is 0 Å². The number of rotatable bonds is 2. The van der Waals surface area contributed by atoms with E-state index >= 15 is 0 Å². The summed E-state index contributed by atoms with van der Waals surface area (Å²) in [5.74, 6) is 2.61. The highest BCUT2D eigenvalue weighted by Crippen LogP contribution is 2.30. The van der Waals surface area contributed by atoms with Crippen molar-refractivity contribution < 1.29 is 0 Å². The summed E-state index contributed by atoms with van der Waals surface area (Å²) in [6.07, 6.45) is 3.91.